The van der Waals surface area contributed by atoms with Gasteiger partial charge in [-0.15, -0.1) is 0 Å². The van der Waals surface area contributed by atoms with Gasteiger partial charge < -0.3 is 4.90 Å². The topological polar surface area (TPSA) is 87.9 Å². The van der Waals surface area contributed by atoms with Crippen LogP contribution in [0.1, 0.15) is 17.0 Å². The van der Waals surface area contributed by atoms with Gasteiger partial charge in [0.1, 0.15) is 0 Å². The molecule has 0 spiro atoms. The van der Waals surface area contributed by atoms with E-state index in [0.29, 0.717) is 41.1 Å². The molecule has 158 valence electrons. The maximum absolute atomic E-state index is 12.8. The predicted molar refractivity (Wildman–Crippen MR) is 117 cm³/mol. The molecule has 1 amide bonds. The number of hydrogen-bond donors (Lipinski definition) is 0. The van der Waals surface area contributed by atoms with Gasteiger partial charge in [-0.3, -0.25) is 9.48 Å². The first-order valence-electron chi connectivity index (χ1n) is 9.60. The first kappa shape index (κ1) is 20.8. The van der Waals surface area contributed by atoms with Crippen molar-refractivity contribution in [3.05, 3.63) is 52.2 Å². The third kappa shape index (κ3) is 3.82. The van der Waals surface area contributed by atoms with Crippen LogP contribution in [-0.4, -0.2) is 64.7 Å². The summed E-state index contributed by atoms with van der Waals surface area (Å²) in [6.45, 7) is 5.56. The van der Waals surface area contributed by atoms with Crippen LogP contribution >= 0.6 is 11.8 Å². The van der Waals surface area contributed by atoms with Gasteiger partial charge in [0.25, 0.3) is 5.91 Å². The number of amides is 1. The van der Waals surface area contributed by atoms with Crippen LogP contribution in [0, 0.1) is 13.8 Å². The fourth-order valence-corrected chi connectivity index (χ4v) is 5.91. The Morgan fingerprint density at radius 2 is 1.73 bits per heavy atom. The number of carbonyl (C=O) groups excluding carboxylic acids is 1. The highest BCUT2D eigenvalue weighted by Gasteiger charge is 2.32. The smallest absolute Gasteiger partial charge is 0.286 e. The Balaban J connectivity index is 1.44. The lowest BCUT2D eigenvalue weighted by atomic mass is 10.2. The number of thioether (sulfide) groups is 1. The highest BCUT2D eigenvalue weighted by molar-refractivity contribution is 8.18. The summed E-state index contributed by atoms with van der Waals surface area (Å²) in [7, 11) is -1.63. The zero-order valence-electron chi connectivity index (χ0n) is 17.1. The maximum atomic E-state index is 12.8. The second-order valence-electron chi connectivity index (χ2n) is 7.22. The number of aliphatic imine (C=N–C) groups is 1. The molecule has 0 saturated carbocycles. The first-order chi connectivity index (χ1) is 14.3. The van der Waals surface area contributed by atoms with E-state index in [2.05, 4.69) is 10.1 Å². The number of piperazine rings is 1. The van der Waals surface area contributed by atoms with Crippen molar-refractivity contribution in [1.82, 2.24) is 19.0 Å². The molecule has 1 aromatic carbocycles. The first-order valence-corrected chi connectivity index (χ1v) is 11.9. The average molecular weight is 446 g/mol. The van der Waals surface area contributed by atoms with Crippen molar-refractivity contribution >= 4 is 38.9 Å². The van der Waals surface area contributed by atoms with E-state index in [-0.39, 0.29) is 5.91 Å². The highest BCUT2D eigenvalue weighted by atomic mass is 32.2. The van der Waals surface area contributed by atoms with E-state index in [1.54, 1.807) is 35.0 Å². The fourth-order valence-electron chi connectivity index (χ4n) is 3.52. The molecule has 10 heteroatoms. The van der Waals surface area contributed by atoms with Gasteiger partial charge in [0, 0.05) is 44.5 Å². The number of amidine groups is 1. The van der Waals surface area contributed by atoms with Gasteiger partial charge in [0.2, 0.25) is 10.0 Å². The Hall–Kier alpha value is -2.43. The number of nitrogens with zero attached hydrogens (tertiary/aromatic N) is 5. The molecule has 3 heterocycles. The average Bonchev–Trinajstić information content (AvgIpc) is 3.23. The summed E-state index contributed by atoms with van der Waals surface area (Å²) >= 11 is 1.33. The van der Waals surface area contributed by atoms with Gasteiger partial charge in [-0.1, -0.05) is 18.2 Å². The Bertz CT molecular complexity index is 1140. The van der Waals surface area contributed by atoms with Crippen molar-refractivity contribution in [2.24, 2.45) is 12.0 Å². The molecule has 0 atom stereocenters. The zero-order valence-corrected chi connectivity index (χ0v) is 18.7. The van der Waals surface area contributed by atoms with E-state index in [4.69, 9.17) is 0 Å². The van der Waals surface area contributed by atoms with Crippen LogP contribution in [0.15, 0.2) is 45.1 Å². The zero-order chi connectivity index (χ0) is 21.5. The number of carbonyl (C=O) groups is 1. The van der Waals surface area contributed by atoms with Crippen LogP contribution in [0.5, 0.6) is 0 Å². The monoisotopic (exact) mass is 445 g/mol. The molecule has 0 unspecified atom stereocenters. The van der Waals surface area contributed by atoms with Crippen LogP contribution in [0.4, 0.5) is 0 Å². The minimum Gasteiger partial charge on any atom is -0.348 e. The van der Waals surface area contributed by atoms with Gasteiger partial charge in [-0.25, -0.2) is 8.42 Å². The Morgan fingerprint density at radius 3 is 2.33 bits per heavy atom. The molecule has 1 saturated heterocycles. The van der Waals surface area contributed by atoms with E-state index in [1.807, 2.05) is 31.9 Å². The molecule has 1 aromatic heterocycles. The summed E-state index contributed by atoms with van der Waals surface area (Å²) in [5.41, 5.74) is 2.79. The minimum atomic E-state index is -3.51. The molecule has 0 radical (unpaired) electrons. The van der Waals surface area contributed by atoms with Crippen LogP contribution in [0.25, 0.3) is 6.08 Å². The molecule has 2 aromatic rings. The standard InChI is InChI=1S/C20H23N5O3S2/c1-14-17(15(2)23(3)22-14)13-18-19(26)21-20(29-18)24-9-11-25(12-10-24)30(27,28)16-7-5-4-6-8-16/h4-8,13H,9-12H2,1-3H3/b18-13-. The Morgan fingerprint density at radius 1 is 1.07 bits per heavy atom. The largest absolute Gasteiger partial charge is 0.348 e. The lowest BCUT2D eigenvalue weighted by Crippen LogP contribution is -2.49. The van der Waals surface area contributed by atoms with Crippen molar-refractivity contribution in [2.45, 2.75) is 18.7 Å². The van der Waals surface area contributed by atoms with Crippen LogP contribution in [0.3, 0.4) is 0 Å². The van der Waals surface area contributed by atoms with Crippen LogP contribution in [-0.2, 0) is 21.9 Å². The molecule has 4 rings (SSSR count). The van der Waals surface area contributed by atoms with Gasteiger partial charge in [-0.2, -0.15) is 14.4 Å². The second kappa shape index (κ2) is 8.01. The van der Waals surface area contributed by atoms with E-state index in [0.717, 1.165) is 17.0 Å². The summed E-state index contributed by atoms with van der Waals surface area (Å²) in [4.78, 5) is 19.5. The molecule has 2 aliphatic rings. The summed E-state index contributed by atoms with van der Waals surface area (Å²) < 4.78 is 28.9. The number of aromatic nitrogens is 2. The molecule has 0 aliphatic carbocycles. The molecule has 0 N–H and O–H groups in total. The van der Waals surface area contributed by atoms with E-state index >= 15 is 0 Å². The highest BCUT2D eigenvalue weighted by Crippen LogP contribution is 2.32. The predicted octanol–water partition coefficient (Wildman–Crippen LogP) is 2.01. The maximum Gasteiger partial charge on any atom is 0.286 e. The summed E-state index contributed by atoms with van der Waals surface area (Å²) in [6.07, 6.45) is 1.84. The number of hydrogen-bond acceptors (Lipinski definition) is 6. The molecular weight excluding hydrogens is 422 g/mol. The van der Waals surface area contributed by atoms with Gasteiger partial charge >= 0.3 is 0 Å². The molecule has 8 nitrogen and oxygen atoms in total. The molecule has 2 aliphatic heterocycles. The van der Waals surface area contributed by atoms with Crippen molar-refractivity contribution in [3.8, 4) is 0 Å². The normalized spacial score (nSPS) is 19.6. The summed E-state index contributed by atoms with van der Waals surface area (Å²) in [5.74, 6) is -0.267. The van der Waals surface area contributed by atoms with Crippen molar-refractivity contribution in [3.63, 3.8) is 0 Å². The fraction of sp³-hybridized carbons (Fsp3) is 0.350. The molecule has 0 bridgehead atoms. The van der Waals surface area contributed by atoms with E-state index < -0.39 is 10.0 Å². The lowest BCUT2D eigenvalue weighted by Gasteiger charge is -2.34. The molecule has 30 heavy (non-hydrogen) atoms. The lowest BCUT2D eigenvalue weighted by molar-refractivity contribution is -0.113. The Kier molecular flexibility index (Phi) is 5.56. The van der Waals surface area contributed by atoms with Crippen molar-refractivity contribution in [1.29, 1.82) is 0 Å². The van der Waals surface area contributed by atoms with Gasteiger partial charge in [0.15, 0.2) is 5.17 Å². The Labute approximate surface area is 180 Å². The summed E-state index contributed by atoms with van der Waals surface area (Å²) in [6, 6.07) is 8.45. The van der Waals surface area contributed by atoms with Crippen molar-refractivity contribution in [2.75, 3.05) is 26.2 Å². The number of sulfonamides is 1. The van der Waals surface area contributed by atoms with Crippen LogP contribution in [0.2, 0.25) is 0 Å². The molecular formula is C20H23N5O3S2. The van der Waals surface area contributed by atoms with Crippen molar-refractivity contribution < 1.29 is 13.2 Å². The third-order valence-corrected chi connectivity index (χ3v) is 8.30. The van der Waals surface area contributed by atoms with Gasteiger partial charge in [-0.05, 0) is 43.8 Å². The molecule has 1 fully saturated rings. The van der Waals surface area contributed by atoms with E-state index in [1.165, 1.54) is 16.1 Å². The number of rotatable bonds is 3. The SMILES string of the molecule is Cc1nn(C)c(C)c1/C=C1\SC(N2CCN(S(=O)(=O)c3ccccc3)CC2)=NC1=O. The minimum absolute atomic E-state index is 0.267. The number of benzene rings is 1. The van der Waals surface area contributed by atoms with E-state index in [9.17, 15) is 13.2 Å². The van der Waals surface area contributed by atoms with Gasteiger partial charge in [0.05, 0.1) is 15.5 Å². The quantitative estimate of drug-likeness (QED) is 0.672. The number of aryl methyl sites for hydroxylation is 2. The van der Waals surface area contributed by atoms with Crippen LogP contribution < -0.4 is 0 Å². The third-order valence-electron chi connectivity index (χ3n) is 5.34. The second-order valence-corrected chi connectivity index (χ2v) is 10.2. The summed E-state index contributed by atoms with van der Waals surface area (Å²) in [5, 5.41) is 5.01.